The van der Waals surface area contributed by atoms with Gasteiger partial charge in [-0.05, 0) is 48.2 Å². The lowest BCUT2D eigenvalue weighted by Gasteiger charge is -2.26. The van der Waals surface area contributed by atoms with Gasteiger partial charge in [-0.15, -0.1) is 0 Å². The van der Waals surface area contributed by atoms with Crippen LogP contribution in [-0.2, 0) is 22.6 Å². The van der Waals surface area contributed by atoms with Gasteiger partial charge < -0.3 is 19.9 Å². The zero-order valence-electron chi connectivity index (χ0n) is 18.1. The topological polar surface area (TPSA) is 61.9 Å². The summed E-state index contributed by atoms with van der Waals surface area (Å²) in [5.41, 5.74) is 3.83. The first kappa shape index (κ1) is 21.8. The maximum absolute atomic E-state index is 13.3. The van der Waals surface area contributed by atoms with Gasteiger partial charge in [0.25, 0.3) is 5.91 Å². The summed E-state index contributed by atoms with van der Waals surface area (Å²) in [4.78, 5) is 28.3. The van der Waals surface area contributed by atoms with Gasteiger partial charge in [-0.1, -0.05) is 24.3 Å². The highest BCUT2D eigenvalue weighted by atomic mass is 16.5. The quantitative estimate of drug-likeness (QED) is 0.727. The summed E-state index contributed by atoms with van der Waals surface area (Å²) in [6.07, 6.45) is 2.12. The molecule has 160 valence electrons. The Kier molecular flexibility index (Phi) is 7.46. The number of ether oxygens (including phenoxy) is 1. The van der Waals surface area contributed by atoms with E-state index in [0.717, 1.165) is 36.3 Å². The van der Waals surface area contributed by atoms with Crippen LogP contribution in [0.5, 0.6) is 0 Å². The second-order valence-electron chi connectivity index (χ2n) is 7.99. The first-order valence-corrected chi connectivity index (χ1v) is 10.4. The first-order valence-electron chi connectivity index (χ1n) is 10.4. The average molecular weight is 410 g/mol. The van der Waals surface area contributed by atoms with Gasteiger partial charge in [-0.2, -0.15) is 0 Å². The van der Waals surface area contributed by atoms with E-state index in [1.807, 2.05) is 43.3 Å². The molecule has 6 nitrogen and oxygen atoms in total. The van der Waals surface area contributed by atoms with Crippen LogP contribution in [0.25, 0.3) is 0 Å². The number of nitrogens with one attached hydrogen (secondary N) is 1. The number of amides is 2. The van der Waals surface area contributed by atoms with Crippen molar-refractivity contribution in [2.45, 2.75) is 39.0 Å². The minimum atomic E-state index is -0.0711. The molecule has 0 bridgehead atoms. The van der Waals surface area contributed by atoms with Crippen LogP contribution in [0.4, 0.5) is 5.69 Å². The van der Waals surface area contributed by atoms with Crippen molar-refractivity contribution in [3.8, 4) is 0 Å². The van der Waals surface area contributed by atoms with E-state index in [4.69, 9.17) is 4.74 Å². The Morgan fingerprint density at radius 2 is 1.70 bits per heavy atom. The molecule has 1 saturated heterocycles. The Bertz CT molecular complexity index is 841. The molecular weight excluding hydrogens is 378 g/mol. The minimum Gasteiger partial charge on any atom is -0.378 e. The van der Waals surface area contributed by atoms with Crippen molar-refractivity contribution in [2.75, 3.05) is 32.1 Å². The van der Waals surface area contributed by atoms with Crippen LogP contribution >= 0.6 is 0 Å². The molecule has 6 heteroatoms. The molecule has 2 aromatic carbocycles. The highest BCUT2D eigenvalue weighted by Gasteiger charge is 2.23. The van der Waals surface area contributed by atoms with E-state index in [9.17, 15) is 9.59 Å². The van der Waals surface area contributed by atoms with Crippen molar-refractivity contribution < 1.29 is 14.3 Å². The maximum Gasteiger partial charge on any atom is 0.254 e. The normalized spacial score (nSPS) is 15.6. The monoisotopic (exact) mass is 409 g/mol. The SMILES string of the molecule is CC(=O)NCc1ccc(C(=O)N(Cc2ccc(N(C)C)cc2)CC2CCCO2)cc1. The molecule has 2 aromatic rings. The lowest BCUT2D eigenvalue weighted by Crippen LogP contribution is -2.37. The highest BCUT2D eigenvalue weighted by Crippen LogP contribution is 2.19. The van der Waals surface area contributed by atoms with E-state index in [1.54, 1.807) is 0 Å². The number of hydrogen-bond acceptors (Lipinski definition) is 4. The van der Waals surface area contributed by atoms with Crippen molar-refractivity contribution >= 4 is 17.5 Å². The van der Waals surface area contributed by atoms with E-state index in [2.05, 4.69) is 34.5 Å². The Morgan fingerprint density at radius 1 is 1.03 bits per heavy atom. The third-order valence-electron chi connectivity index (χ3n) is 5.30. The Hall–Kier alpha value is -2.86. The van der Waals surface area contributed by atoms with Crippen molar-refractivity contribution in [3.05, 3.63) is 65.2 Å². The smallest absolute Gasteiger partial charge is 0.254 e. The molecule has 1 N–H and O–H groups in total. The average Bonchev–Trinajstić information content (AvgIpc) is 3.25. The molecule has 30 heavy (non-hydrogen) atoms. The van der Waals surface area contributed by atoms with Crippen molar-refractivity contribution in [3.63, 3.8) is 0 Å². The minimum absolute atomic E-state index is 0.00624. The molecule has 1 unspecified atom stereocenters. The summed E-state index contributed by atoms with van der Waals surface area (Å²) in [6.45, 7) is 3.84. The van der Waals surface area contributed by atoms with Gasteiger partial charge in [0, 0.05) is 58.5 Å². The third kappa shape index (κ3) is 6.07. The van der Waals surface area contributed by atoms with Gasteiger partial charge in [0.05, 0.1) is 6.10 Å². The third-order valence-corrected chi connectivity index (χ3v) is 5.30. The Balaban J connectivity index is 1.73. The number of rotatable bonds is 8. The summed E-state index contributed by atoms with van der Waals surface area (Å²) >= 11 is 0. The maximum atomic E-state index is 13.3. The van der Waals surface area contributed by atoms with E-state index in [0.29, 0.717) is 25.2 Å². The zero-order valence-corrected chi connectivity index (χ0v) is 18.1. The molecule has 1 heterocycles. The van der Waals surface area contributed by atoms with Crippen LogP contribution < -0.4 is 10.2 Å². The second-order valence-corrected chi connectivity index (χ2v) is 7.99. The second kappa shape index (κ2) is 10.3. The molecule has 3 rings (SSSR count). The summed E-state index contributed by atoms with van der Waals surface area (Å²) < 4.78 is 5.79. The number of hydrogen-bond donors (Lipinski definition) is 1. The fourth-order valence-corrected chi connectivity index (χ4v) is 3.55. The van der Waals surface area contributed by atoms with E-state index in [1.165, 1.54) is 6.92 Å². The van der Waals surface area contributed by atoms with E-state index in [-0.39, 0.29) is 17.9 Å². The highest BCUT2D eigenvalue weighted by molar-refractivity contribution is 5.94. The summed E-state index contributed by atoms with van der Waals surface area (Å²) in [6, 6.07) is 15.7. The molecule has 0 spiro atoms. The van der Waals surface area contributed by atoms with Crippen molar-refractivity contribution in [2.24, 2.45) is 0 Å². The predicted molar refractivity (Wildman–Crippen MR) is 118 cm³/mol. The van der Waals surface area contributed by atoms with Gasteiger partial charge in [-0.3, -0.25) is 9.59 Å². The summed E-state index contributed by atoms with van der Waals surface area (Å²) in [5.74, 6) is -0.0774. The van der Waals surface area contributed by atoms with Crippen LogP contribution in [0.3, 0.4) is 0 Å². The van der Waals surface area contributed by atoms with Crippen LogP contribution in [0, 0.1) is 0 Å². The number of benzene rings is 2. The van der Waals surface area contributed by atoms with Gasteiger partial charge in [0.2, 0.25) is 5.91 Å². The summed E-state index contributed by atoms with van der Waals surface area (Å²) in [5, 5.41) is 2.77. The molecule has 1 aliphatic heterocycles. The number of nitrogens with zero attached hydrogens (tertiary/aromatic N) is 2. The van der Waals surface area contributed by atoms with Gasteiger partial charge in [-0.25, -0.2) is 0 Å². The summed E-state index contributed by atoms with van der Waals surface area (Å²) in [7, 11) is 4.02. The van der Waals surface area contributed by atoms with E-state index >= 15 is 0 Å². The number of carbonyl (C=O) groups is 2. The fraction of sp³-hybridized carbons (Fsp3) is 0.417. The predicted octanol–water partition coefficient (Wildman–Crippen LogP) is 3.21. The fourth-order valence-electron chi connectivity index (χ4n) is 3.55. The molecule has 0 aliphatic carbocycles. The molecule has 1 fully saturated rings. The van der Waals surface area contributed by atoms with Gasteiger partial charge in [0.15, 0.2) is 0 Å². The molecule has 0 aromatic heterocycles. The number of anilines is 1. The number of carbonyl (C=O) groups excluding carboxylic acids is 2. The van der Waals surface area contributed by atoms with Crippen LogP contribution in [-0.4, -0.2) is 50.1 Å². The molecule has 0 saturated carbocycles. The molecule has 1 atom stereocenters. The van der Waals surface area contributed by atoms with Crippen molar-refractivity contribution in [1.29, 1.82) is 0 Å². The van der Waals surface area contributed by atoms with Gasteiger partial charge in [0.1, 0.15) is 0 Å². The molecule has 0 radical (unpaired) electrons. The first-order chi connectivity index (χ1) is 14.4. The standard InChI is InChI=1S/C24H31N3O3/c1-18(28)25-15-19-6-10-21(11-7-19)24(29)27(17-23-5-4-14-30-23)16-20-8-12-22(13-9-20)26(2)3/h6-13,23H,4-5,14-17H2,1-3H3,(H,25,28). The van der Waals surface area contributed by atoms with Gasteiger partial charge >= 0.3 is 0 Å². The van der Waals surface area contributed by atoms with Crippen LogP contribution in [0.15, 0.2) is 48.5 Å². The van der Waals surface area contributed by atoms with Crippen LogP contribution in [0.2, 0.25) is 0 Å². The molecule has 2 amide bonds. The lowest BCUT2D eigenvalue weighted by atomic mass is 10.1. The van der Waals surface area contributed by atoms with Crippen molar-refractivity contribution in [1.82, 2.24) is 10.2 Å². The Morgan fingerprint density at radius 3 is 2.27 bits per heavy atom. The van der Waals surface area contributed by atoms with E-state index < -0.39 is 0 Å². The largest absolute Gasteiger partial charge is 0.378 e. The Labute approximate surface area is 178 Å². The van der Waals surface area contributed by atoms with Crippen LogP contribution in [0.1, 0.15) is 41.3 Å². The zero-order chi connectivity index (χ0) is 21.5. The lowest BCUT2D eigenvalue weighted by molar-refractivity contribution is -0.119. The molecular formula is C24H31N3O3. The molecule has 1 aliphatic rings.